The van der Waals surface area contributed by atoms with Crippen LogP contribution in [0.2, 0.25) is 0 Å². The molecular formula is C28H41NO. The summed E-state index contributed by atoms with van der Waals surface area (Å²) in [5, 5.41) is 0. The number of ether oxygens (including phenoxy) is 1. The van der Waals surface area contributed by atoms with Crippen LogP contribution in [0.3, 0.4) is 0 Å². The summed E-state index contributed by atoms with van der Waals surface area (Å²) in [5.74, 6) is 2.01. The Hall–Kier alpha value is -1.96. The molecule has 0 unspecified atom stereocenters. The molecule has 0 fully saturated rings. The molecule has 3 rings (SSSR count). The van der Waals surface area contributed by atoms with E-state index in [1.54, 1.807) is 0 Å². The van der Waals surface area contributed by atoms with Crippen molar-refractivity contribution in [2.75, 3.05) is 11.4 Å². The van der Waals surface area contributed by atoms with Crippen molar-refractivity contribution < 1.29 is 4.74 Å². The summed E-state index contributed by atoms with van der Waals surface area (Å²) in [6, 6.07) is 13.7. The molecule has 164 valence electrons. The predicted octanol–water partition coefficient (Wildman–Crippen LogP) is 8.89. The minimum atomic E-state index is 0.149. The monoisotopic (exact) mass is 407 g/mol. The van der Waals surface area contributed by atoms with Gasteiger partial charge in [-0.1, -0.05) is 79.9 Å². The van der Waals surface area contributed by atoms with E-state index in [-0.39, 0.29) is 10.8 Å². The Morgan fingerprint density at radius 2 is 1.20 bits per heavy atom. The van der Waals surface area contributed by atoms with Crippen molar-refractivity contribution in [1.29, 1.82) is 0 Å². The van der Waals surface area contributed by atoms with E-state index < -0.39 is 0 Å². The highest BCUT2D eigenvalue weighted by Gasteiger charge is 2.29. The van der Waals surface area contributed by atoms with Crippen molar-refractivity contribution in [3.8, 4) is 11.5 Å². The highest BCUT2D eigenvalue weighted by molar-refractivity contribution is 5.78. The molecule has 0 amide bonds. The zero-order chi connectivity index (χ0) is 21.9. The fourth-order valence-corrected chi connectivity index (χ4v) is 4.07. The van der Waals surface area contributed by atoms with E-state index in [1.165, 1.54) is 48.2 Å². The minimum absolute atomic E-state index is 0.149. The van der Waals surface area contributed by atoms with Crippen molar-refractivity contribution >= 4 is 11.4 Å². The first-order valence-corrected chi connectivity index (χ1v) is 12.0. The number of unbranched alkanes of at least 4 members (excludes halogenated alkanes) is 3. The number of rotatable bonds is 9. The quantitative estimate of drug-likeness (QED) is 0.385. The van der Waals surface area contributed by atoms with Crippen LogP contribution in [0, 0.1) is 0 Å². The Morgan fingerprint density at radius 3 is 1.63 bits per heavy atom. The van der Waals surface area contributed by atoms with E-state index in [1.807, 2.05) is 0 Å². The van der Waals surface area contributed by atoms with Crippen molar-refractivity contribution in [3.05, 3.63) is 47.5 Å². The molecule has 1 aliphatic heterocycles. The summed E-state index contributed by atoms with van der Waals surface area (Å²) in [6.07, 6.45) is 7.27. The van der Waals surface area contributed by atoms with Gasteiger partial charge in [-0.25, -0.2) is 0 Å². The van der Waals surface area contributed by atoms with E-state index >= 15 is 0 Å². The Kier molecular flexibility index (Phi) is 6.84. The smallest absolute Gasteiger partial charge is 0.151 e. The van der Waals surface area contributed by atoms with Gasteiger partial charge in [0.05, 0.1) is 11.4 Å². The molecule has 2 aromatic rings. The van der Waals surface area contributed by atoms with Gasteiger partial charge in [0.25, 0.3) is 0 Å². The summed E-state index contributed by atoms with van der Waals surface area (Å²) in [6.45, 7) is 17.1. The number of nitrogens with zero attached hydrogens (tertiary/aromatic N) is 1. The molecule has 0 aliphatic carbocycles. The summed E-state index contributed by atoms with van der Waals surface area (Å²) in [7, 11) is 0. The Balaban J connectivity index is 2.02. The third-order valence-electron chi connectivity index (χ3n) is 7.29. The molecule has 0 bridgehead atoms. The molecular weight excluding hydrogens is 366 g/mol. The van der Waals surface area contributed by atoms with Crippen LogP contribution < -0.4 is 9.64 Å². The van der Waals surface area contributed by atoms with Gasteiger partial charge in [0, 0.05) is 6.54 Å². The van der Waals surface area contributed by atoms with Gasteiger partial charge in [0.2, 0.25) is 0 Å². The van der Waals surface area contributed by atoms with Crippen LogP contribution in [0.25, 0.3) is 0 Å². The van der Waals surface area contributed by atoms with Crippen molar-refractivity contribution in [2.45, 2.75) is 97.8 Å². The molecule has 0 saturated heterocycles. The summed E-state index contributed by atoms with van der Waals surface area (Å²) < 4.78 is 6.55. The second-order valence-electron chi connectivity index (χ2n) is 10.2. The fourth-order valence-electron chi connectivity index (χ4n) is 4.07. The normalized spacial score (nSPS) is 13.6. The van der Waals surface area contributed by atoms with Gasteiger partial charge in [-0.05, 0) is 65.5 Å². The van der Waals surface area contributed by atoms with Crippen LogP contribution in [0.1, 0.15) is 98.1 Å². The van der Waals surface area contributed by atoms with Gasteiger partial charge in [-0.2, -0.15) is 0 Å². The first-order valence-electron chi connectivity index (χ1n) is 12.0. The van der Waals surface area contributed by atoms with E-state index in [0.29, 0.717) is 0 Å². The number of fused-ring (bicyclic) bond motifs is 2. The van der Waals surface area contributed by atoms with Gasteiger partial charge in [0.15, 0.2) is 11.5 Å². The molecule has 0 spiro atoms. The van der Waals surface area contributed by atoms with E-state index in [2.05, 4.69) is 89.8 Å². The lowest BCUT2D eigenvalue weighted by molar-refractivity contribution is 0.456. The van der Waals surface area contributed by atoms with E-state index in [0.717, 1.165) is 30.9 Å². The van der Waals surface area contributed by atoms with Gasteiger partial charge >= 0.3 is 0 Å². The Labute approximate surface area is 184 Å². The lowest BCUT2D eigenvalue weighted by Crippen LogP contribution is -2.24. The molecule has 0 atom stereocenters. The summed E-state index contributed by atoms with van der Waals surface area (Å²) in [4.78, 5) is 2.48. The molecule has 0 aromatic heterocycles. The maximum atomic E-state index is 6.55. The average molecular weight is 408 g/mol. The van der Waals surface area contributed by atoms with Crippen LogP contribution in [-0.4, -0.2) is 6.54 Å². The van der Waals surface area contributed by atoms with E-state index in [4.69, 9.17) is 4.74 Å². The van der Waals surface area contributed by atoms with Gasteiger partial charge in [-0.3, -0.25) is 0 Å². The first-order chi connectivity index (χ1) is 14.2. The minimum Gasteiger partial charge on any atom is -0.453 e. The molecule has 2 aromatic carbocycles. The third-order valence-corrected chi connectivity index (χ3v) is 7.29. The van der Waals surface area contributed by atoms with Crippen LogP contribution in [0.5, 0.6) is 11.5 Å². The maximum Gasteiger partial charge on any atom is 0.151 e. The molecule has 1 heterocycles. The lowest BCUT2D eigenvalue weighted by Gasteiger charge is -2.35. The SMILES string of the molecule is CCCCCCN1c2ccc(C(C)(C)CC)cc2Oc2cc(C(C)(C)CC)ccc21. The number of hydrogen-bond acceptors (Lipinski definition) is 2. The molecule has 1 aliphatic rings. The fraction of sp³-hybridized carbons (Fsp3) is 0.571. The number of hydrogen-bond donors (Lipinski definition) is 0. The first kappa shape index (κ1) is 22.7. The van der Waals surface area contributed by atoms with Crippen LogP contribution in [-0.2, 0) is 10.8 Å². The maximum absolute atomic E-state index is 6.55. The summed E-state index contributed by atoms with van der Waals surface area (Å²) >= 11 is 0. The molecule has 30 heavy (non-hydrogen) atoms. The lowest BCUT2D eigenvalue weighted by atomic mass is 9.81. The highest BCUT2D eigenvalue weighted by Crippen LogP contribution is 2.49. The van der Waals surface area contributed by atoms with Gasteiger partial charge < -0.3 is 9.64 Å². The zero-order valence-corrected chi connectivity index (χ0v) is 20.3. The third kappa shape index (κ3) is 4.53. The van der Waals surface area contributed by atoms with E-state index in [9.17, 15) is 0 Å². The number of anilines is 2. The molecule has 2 nitrogen and oxygen atoms in total. The largest absolute Gasteiger partial charge is 0.453 e. The van der Waals surface area contributed by atoms with Crippen molar-refractivity contribution in [3.63, 3.8) is 0 Å². The number of benzene rings is 2. The van der Waals surface area contributed by atoms with Gasteiger partial charge in [-0.15, -0.1) is 0 Å². The van der Waals surface area contributed by atoms with Crippen molar-refractivity contribution in [1.82, 2.24) is 0 Å². The van der Waals surface area contributed by atoms with Crippen LogP contribution in [0.4, 0.5) is 11.4 Å². The zero-order valence-electron chi connectivity index (χ0n) is 20.3. The van der Waals surface area contributed by atoms with Crippen LogP contribution >= 0.6 is 0 Å². The van der Waals surface area contributed by atoms with Gasteiger partial charge in [0.1, 0.15) is 0 Å². The second-order valence-corrected chi connectivity index (χ2v) is 10.2. The average Bonchev–Trinajstić information content (AvgIpc) is 2.75. The predicted molar refractivity (Wildman–Crippen MR) is 131 cm³/mol. The highest BCUT2D eigenvalue weighted by atomic mass is 16.5. The second kappa shape index (κ2) is 9.04. The standard InChI is InChI=1S/C28H41NO/c1-8-11-12-13-18-29-23-16-14-21(27(4,5)9-2)19-25(23)30-26-20-22(15-17-24(26)29)28(6,7)10-3/h14-17,19-20H,8-13,18H2,1-7H3. The van der Waals surface area contributed by atoms with Crippen molar-refractivity contribution in [2.24, 2.45) is 0 Å². The topological polar surface area (TPSA) is 12.5 Å². The molecule has 0 N–H and O–H groups in total. The summed E-state index contributed by atoms with van der Waals surface area (Å²) in [5.41, 5.74) is 5.41. The molecule has 2 heteroatoms. The Bertz CT molecular complexity index is 799. The molecule has 0 radical (unpaired) electrons. The molecule has 0 saturated carbocycles. The Morgan fingerprint density at radius 1 is 0.700 bits per heavy atom. The van der Waals surface area contributed by atoms with Crippen LogP contribution in [0.15, 0.2) is 36.4 Å².